The van der Waals surface area contributed by atoms with Crippen LogP contribution < -0.4 is 5.32 Å². The highest BCUT2D eigenvalue weighted by atomic mass is 35.5. The minimum Gasteiger partial charge on any atom is -0.437 e. The Balaban J connectivity index is 0.000000277. The van der Waals surface area contributed by atoms with E-state index in [-0.39, 0.29) is 31.9 Å². The Hall–Kier alpha value is -1.06. The first-order chi connectivity index (χ1) is 13.2. The molecule has 2 fully saturated rings. The molecule has 2 aliphatic heterocycles. The predicted molar refractivity (Wildman–Crippen MR) is 123 cm³/mol. The highest BCUT2D eigenvalue weighted by Crippen LogP contribution is 2.18. The maximum atomic E-state index is 9.53. The van der Waals surface area contributed by atoms with Crippen LogP contribution in [0.4, 0.5) is 0 Å². The van der Waals surface area contributed by atoms with Crippen molar-refractivity contribution < 1.29 is 5.02 Å². The molecule has 0 unspecified atom stereocenters. The van der Waals surface area contributed by atoms with E-state index in [9.17, 15) is 5.02 Å². The average Bonchev–Trinajstić information content (AvgIpc) is 3.38. The van der Waals surface area contributed by atoms with E-state index in [2.05, 4.69) is 29.2 Å². The van der Waals surface area contributed by atoms with Crippen molar-refractivity contribution in [3.05, 3.63) is 37.4 Å². The fraction of sp³-hybridized carbons (Fsp3) is 0.684. The third-order valence-electron chi connectivity index (χ3n) is 5.53. The van der Waals surface area contributed by atoms with E-state index in [1.54, 1.807) is 0 Å². The third kappa shape index (κ3) is 9.09. The van der Waals surface area contributed by atoms with E-state index >= 15 is 0 Å². The second-order valence-corrected chi connectivity index (χ2v) is 7.87. The Morgan fingerprint density at radius 3 is 2.14 bits per heavy atom. The van der Waals surface area contributed by atoms with Gasteiger partial charge in [-0.15, -0.1) is 24.8 Å². The number of hydrogen-bond donors (Lipinski definition) is 2. The van der Waals surface area contributed by atoms with E-state index in [1.165, 1.54) is 32.2 Å². The maximum absolute atomic E-state index is 9.53. The lowest BCUT2D eigenvalue weighted by Crippen LogP contribution is -2.45. The molecule has 2 aromatic heterocycles. The van der Waals surface area contributed by atoms with E-state index in [4.69, 9.17) is 0 Å². The zero-order chi connectivity index (χ0) is 18.9. The number of halogens is 2. The molecule has 4 heterocycles. The first-order valence-electron chi connectivity index (χ1n) is 10.2. The molecule has 0 amide bonds. The first-order valence-corrected chi connectivity index (χ1v) is 10.2. The van der Waals surface area contributed by atoms with Gasteiger partial charge in [-0.1, -0.05) is 0 Å². The summed E-state index contributed by atoms with van der Waals surface area (Å²) < 4.78 is 4.29. The summed E-state index contributed by atoms with van der Waals surface area (Å²) in [6.07, 6.45) is 16.6. The Morgan fingerprint density at radius 2 is 1.62 bits per heavy atom. The molecule has 164 valence electrons. The SMILES string of the molecule is CB(O)N1CCC[C@H](Cn2ccnc2)C1.Cl.Cl.c1cn(C[C@H]2CCCNC2)cn1. The summed E-state index contributed by atoms with van der Waals surface area (Å²) in [7, 11) is -0.310. The number of nitrogens with zero attached hydrogens (tertiary/aromatic N) is 5. The molecular weight excluding hydrogens is 410 g/mol. The molecule has 2 N–H and O–H groups in total. The van der Waals surface area contributed by atoms with Crippen molar-refractivity contribution in [2.45, 2.75) is 45.6 Å². The van der Waals surface area contributed by atoms with Crippen LogP contribution >= 0.6 is 24.8 Å². The van der Waals surface area contributed by atoms with Crippen molar-refractivity contribution in [3.8, 4) is 0 Å². The maximum Gasteiger partial charge on any atom is 0.376 e. The van der Waals surface area contributed by atoms with E-state index in [1.807, 2.05) is 44.3 Å². The smallest absolute Gasteiger partial charge is 0.376 e. The molecule has 4 rings (SSSR count). The molecule has 2 aromatic rings. The van der Waals surface area contributed by atoms with E-state index in [0.717, 1.165) is 38.6 Å². The molecule has 0 spiro atoms. The molecule has 0 aromatic carbocycles. The Kier molecular flexibility index (Phi) is 12.6. The lowest BCUT2D eigenvalue weighted by molar-refractivity contribution is 0.225. The zero-order valence-corrected chi connectivity index (χ0v) is 18.9. The van der Waals surface area contributed by atoms with E-state index < -0.39 is 0 Å². The molecular formula is C19H35BCl2N6O. The molecule has 2 saturated heterocycles. The van der Waals surface area contributed by atoms with Crippen molar-refractivity contribution in [3.63, 3.8) is 0 Å². The van der Waals surface area contributed by atoms with Gasteiger partial charge in [-0.25, -0.2) is 9.97 Å². The van der Waals surface area contributed by atoms with Gasteiger partial charge in [0.15, 0.2) is 0 Å². The fourth-order valence-corrected chi connectivity index (χ4v) is 4.05. The topological polar surface area (TPSA) is 71.1 Å². The molecule has 29 heavy (non-hydrogen) atoms. The molecule has 0 saturated carbocycles. The molecule has 0 radical (unpaired) electrons. The second-order valence-electron chi connectivity index (χ2n) is 7.87. The largest absolute Gasteiger partial charge is 0.437 e. The summed E-state index contributed by atoms with van der Waals surface area (Å²) in [4.78, 5) is 10.2. The second kappa shape index (κ2) is 14.0. The van der Waals surface area contributed by atoms with E-state index in [0.29, 0.717) is 5.92 Å². The van der Waals surface area contributed by atoms with Gasteiger partial charge in [0.05, 0.1) is 12.7 Å². The van der Waals surface area contributed by atoms with Crippen molar-refractivity contribution in [1.82, 2.24) is 29.2 Å². The van der Waals surface area contributed by atoms with Crippen molar-refractivity contribution >= 4 is 31.9 Å². The van der Waals surface area contributed by atoms with Crippen LogP contribution in [0.3, 0.4) is 0 Å². The molecule has 0 bridgehead atoms. The molecule has 2 atom stereocenters. The predicted octanol–water partition coefficient (Wildman–Crippen LogP) is 2.43. The Bertz CT molecular complexity index is 623. The third-order valence-corrected chi connectivity index (χ3v) is 5.53. The number of nitrogens with one attached hydrogen (secondary N) is 1. The molecule has 7 nitrogen and oxygen atoms in total. The van der Waals surface area contributed by atoms with Crippen LogP contribution in [0.5, 0.6) is 0 Å². The summed E-state index contributed by atoms with van der Waals surface area (Å²) in [6.45, 7) is 8.36. The van der Waals surface area contributed by atoms with Crippen LogP contribution in [-0.4, -0.2) is 62.2 Å². The summed E-state index contributed by atoms with van der Waals surface area (Å²) in [5.41, 5.74) is 0. The lowest BCUT2D eigenvalue weighted by atomic mass is 9.80. The monoisotopic (exact) mass is 444 g/mol. The molecule has 0 aliphatic carbocycles. The van der Waals surface area contributed by atoms with Crippen LogP contribution in [0, 0.1) is 11.8 Å². The van der Waals surface area contributed by atoms with Crippen molar-refractivity contribution in [1.29, 1.82) is 0 Å². The molecule has 10 heteroatoms. The van der Waals surface area contributed by atoms with Crippen LogP contribution in [-0.2, 0) is 13.1 Å². The van der Waals surface area contributed by atoms with Crippen LogP contribution in [0.2, 0.25) is 6.82 Å². The van der Waals surface area contributed by atoms with Crippen LogP contribution in [0.25, 0.3) is 0 Å². The Morgan fingerprint density at radius 1 is 1.00 bits per heavy atom. The standard InChI is InChI=1S/C10H18BN3O.C9H15N3.2ClH/c1-11(15)14-5-2-3-10(8-14)7-13-6-4-12-9-13;1-2-9(6-10-3-1)7-12-5-4-11-8-12;;/h4,6,9-10,15H,2-3,5,7-8H2,1H3;4-5,8-10H,1-3,6-7H2;2*1H/t10-;9-;;/m10../s1. The highest BCUT2D eigenvalue weighted by molar-refractivity contribution is 6.45. The van der Waals surface area contributed by atoms with Gasteiger partial charge in [-0.3, -0.25) is 0 Å². The van der Waals surface area contributed by atoms with Gasteiger partial charge in [-0.2, -0.15) is 0 Å². The van der Waals surface area contributed by atoms with Crippen molar-refractivity contribution in [2.75, 3.05) is 26.2 Å². The zero-order valence-electron chi connectivity index (χ0n) is 17.3. The van der Waals surface area contributed by atoms with Gasteiger partial charge in [0.25, 0.3) is 0 Å². The minimum atomic E-state index is -0.310. The summed E-state index contributed by atoms with van der Waals surface area (Å²) >= 11 is 0. The van der Waals surface area contributed by atoms with Gasteiger partial charge in [0, 0.05) is 37.9 Å². The number of imidazole rings is 2. The fourth-order valence-electron chi connectivity index (χ4n) is 4.05. The number of piperidine rings is 2. The van der Waals surface area contributed by atoms with Crippen LogP contribution in [0.1, 0.15) is 25.7 Å². The Labute approximate surface area is 187 Å². The average molecular weight is 445 g/mol. The van der Waals surface area contributed by atoms with Crippen molar-refractivity contribution in [2.24, 2.45) is 11.8 Å². The van der Waals surface area contributed by atoms with Gasteiger partial charge >= 0.3 is 7.05 Å². The summed E-state index contributed by atoms with van der Waals surface area (Å²) in [5.74, 6) is 1.44. The quantitative estimate of drug-likeness (QED) is 0.693. The normalized spacial score (nSPS) is 21.9. The molecule has 2 aliphatic rings. The van der Waals surface area contributed by atoms with Crippen LogP contribution in [0.15, 0.2) is 37.4 Å². The summed E-state index contributed by atoms with van der Waals surface area (Å²) in [6, 6.07) is 0. The first kappa shape index (κ1) is 26.0. The van der Waals surface area contributed by atoms with Gasteiger partial charge in [-0.05, 0) is 70.5 Å². The number of aromatic nitrogens is 4. The van der Waals surface area contributed by atoms with Gasteiger partial charge < -0.3 is 24.3 Å². The highest BCUT2D eigenvalue weighted by Gasteiger charge is 2.24. The minimum absolute atomic E-state index is 0. The summed E-state index contributed by atoms with van der Waals surface area (Å²) in [5, 5.41) is 12.9. The number of rotatable bonds is 5. The van der Waals surface area contributed by atoms with Gasteiger partial charge in [0.1, 0.15) is 0 Å². The lowest BCUT2D eigenvalue weighted by Gasteiger charge is -2.33. The van der Waals surface area contributed by atoms with Gasteiger partial charge in [0.2, 0.25) is 0 Å². The number of hydrogen-bond acceptors (Lipinski definition) is 5.